The van der Waals surface area contributed by atoms with Crippen LogP contribution in [0.5, 0.6) is 0 Å². The van der Waals surface area contributed by atoms with E-state index in [1.807, 2.05) is 13.8 Å². The molecule has 0 fully saturated rings. The van der Waals surface area contributed by atoms with Crippen LogP contribution in [0.1, 0.15) is 42.0 Å². The molecule has 0 aliphatic rings. The summed E-state index contributed by atoms with van der Waals surface area (Å²) >= 11 is 0. The molecule has 7 heteroatoms. The predicted molar refractivity (Wildman–Crippen MR) is 76.5 cm³/mol. The van der Waals surface area contributed by atoms with Crippen LogP contribution < -0.4 is 0 Å². The van der Waals surface area contributed by atoms with Gasteiger partial charge in [-0.25, -0.2) is 17.5 Å². The minimum Gasteiger partial charge on any atom is -0.477 e. The second-order valence-electron chi connectivity index (χ2n) is 5.18. The number of carboxylic acid groups (broad SMARTS) is 1. The van der Waals surface area contributed by atoms with E-state index in [-0.39, 0.29) is 22.1 Å². The first-order chi connectivity index (χ1) is 9.12. The molecule has 0 saturated carbocycles. The van der Waals surface area contributed by atoms with E-state index in [1.54, 1.807) is 6.92 Å². The zero-order valence-electron chi connectivity index (χ0n) is 12.5. The van der Waals surface area contributed by atoms with Gasteiger partial charge in [-0.3, -0.25) is 0 Å². The fourth-order valence-electron chi connectivity index (χ4n) is 2.16. The highest BCUT2D eigenvalue weighted by Crippen LogP contribution is 2.26. The maximum absolute atomic E-state index is 12.6. The second-order valence-corrected chi connectivity index (χ2v) is 7.16. The van der Waals surface area contributed by atoms with E-state index in [2.05, 4.69) is 4.98 Å². The predicted octanol–water partition coefficient (Wildman–Crippen LogP) is 2.00. The third-order valence-electron chi connectivity index (χ3n) is 3.52. The molecule has 20 heavy (non-hydrogen) atoms. The molecule has 1 atom stereocenters. The number of sulfonamides is 1. The fourth-order valence-corrected chi connectivity index (χ4v) is 3.84. The van der Waals surface area contributed by atoms with Crippen molar-refractivity contribution < 1.29 is 18.3 Å². The van der Waals surface area contributed by atoms with Crippen LogP contribution in [0.15, 0.2) is 4.90 Å². The van der Waals surface area contributed by atoms with Crippen molar-refractivity contribution in [3.8, 4) is 0 Å². The van der Waals surface area contributed by atoms with E-state index >= 15 is 0 Å². The van der Waals surface area contributed by atoms with Crippen LogP contribution in [0.4, 0.5) is 0 Å². The van der Waals surface area contributed by atoms with Crippen molar-refractivity contribution >= 4 is 16.0 Å². The Balaban J connectivity index is 3.26. The number of nitrogens with one attached hydrogen (secondary N) is 1. The van der Waals surface area contributed by atoms with Crippen molar-refractivity contribution in [2.24, 2.45) is 5.92 Å². The topological polar surface area (TPSA) is 90.5 Å². The van der Waals surface area contributed by atoms with E-state index < -0.39 is 16.0 Å². The van der Waals surface area contributed by atoms with Gasteiger partial charge in [0.25, 0.3) is 0 Å². The molecule has 114 valence electrons. The smallest absolute Gasteiger partial charge is 0.352 e. The zero-order valence-corrected chi connectivity index (χ0v) is 13.3. The number of aromatic carboxylic acids is 1. The molecular formula is C13H22N2O4S. The van der Waals surface area contributed by atoms with Crippen LogP contribution in [-0.4, -0.2) is 42.4 Å². The van der Waals surface area contributed by atoms with Gasteiger partial charge in [-0.05, 0) is 19.8 Å². The first-order valence-corrected chi connectivity index (χ1v) is 7.95. The molecule has 1 aromatic rings. The van der Waals surface area contributed by atoms with Crippen LogP contribution >= 0.6 is 0 Å². The maximum atomic E-state index is 12.6. The Labute approximate surface area is 119 Å². The Bertz CT molecular complexity index is 604. The number of hydrogen-bond acceptors (Lipinski definition) is 3. The molecule has 0 aromatic carbocycles. The van der Waals surface area contributed by atoms with E-state index in [4.69, 9.17) is 5.11 Å². The average molecular weight is 302 g/mol. The SMILES string of the molecule is CCC(C)CN(C)S(=O)(=O)c1c(C)[nH]c(C(=O)O)c1C. The Kier molecular flexibility index (Phi) is 4.99. The molecule has 0 aliphatic carbocycles. The summed E-state index contributed by atoms with van der Waals surface area (Å²) in [6.45, 7) is 7.47. The summed E-state index contributed by atoms with van der Waals surface area (Å²) in [4.78, 5) is 13.8. The van der Waals surface area contributed by atoms with Crippen LogP contribution in [0.3, 0.4) is 0 Å². The van der Waals surface area contributed by atoms with E-state index in [9.17, 15) is 13.2 Å². The molecule has 1 aromatic heterocycles. The summed E-state index contributed by atoms with van der Waals surface area (Å²) < 4.78 is 26.4. The zero-order chi connectivity index (χ0) is 15.7. The van der Waals surface area contributed by atoms with Gasteiger partial charge in [0.1, 0.15) is 10.6 Å². The molecule has 1 heterocycles. The Morgan fingerprint density at radius 1 is 1.40 bits per heavy atom. The molecule has 0 saturated heterocycles. The van der Waals surface area contributed by atoms with Gasteiger partial charge in [-0.1, -0.05) is 20.3 Å². The van der Waals surface area contributed by atoms with Gasteiger partial charge in [0.2, 0.25) is 10.0 Å². The summed E-state index contributed by atoms with van der Waals surface area (Å²) in [5.74, 6) is -0.912. The average Bonchev–Trinajstić information content (AvgIpc) is 2.64. The van der Waals surface area contributed by atoms with Crippen LogP contribution in [0, 0.1) is 19.8 Å². The molecule has 0 radical (unpaired) electrons. The highest BCUT2D eigenvalue weighted by molar-refractivity contribution is 7.89. The van der Waals surface area contributed by atoms with Crippen molar-refractivity contribution in [2.45, 2.75) is 39.0 Å². The minimum atomic E-state index is -3.68. The van der Waals surface area contributed by atoms with E-state index in [0.717, 1.165) is 6.42 Å². The van der Waals surface area contributed by atoms with E-state index in [1.165, 1.54) is 18.3 Å². The summed E-state index contributed by atoms with van der Waals surface area (Å²) in [6, 6.07) is 0. The van der Waals surface area contributed by atoms with Crippen molar-refractivity contribution in [3.05, 3.63) is 17.0 Å². The molecule has 2 N–H and O–H groups in total. The van der Waals surface area contributed by atoms with Gasteiger partial charge in [0, 0.05) is 24.8 Å². The van der Waals surface area contributed by atoms with Crippen LogP contribution in [-0.2, 0) is 10.0 Å². The summed E-state index contributed by atoms with van der Waals surface area (Å²) in [5, 5.41) is 9.05. The quantitative estimate of drug-likeness (QED) is 0.841. The third kappa shape index (κ3) is 3.04. The minimum absolute atomic E-state index is 0.0701. The summed E-state index contributed by atoms with van der Waals surface area (Å²) in [5.41, 5.74) is 0.542. The Morgan fingerprint density at radius 2 is 1.95 bits per heavy atom. The summed E-state index contributed by atoms with van der Waals surface area (Å²) in [7, 11) is -2.16. The number of rotatable bonds is 6. The van der Waals surface area contributed by atoms with Gasteiger partial charge in [-0.15, -0.1) is 0 Å². The summed E-state index contributed by atoms with van der Waals surface area (Å²) in [6.07, 6.45) is 0.880. The molecule has 1 unspecified atom stereocenters. The van der Waals surface area contributed by atoms with E-state index in [0.29, 0.717) is 12.2 Å². The van der Waals surface area contributed by atoms with Gasteiger partial charge in [0.05, 0.1) is 0 Å². The first kappa shape index (κ1) is 16.7. The van der Waals surface area contributed by atoms with Gasteiger partial charge in [0.15, 0.2) is 0 Å². The number of carbonyl (C=O) groups is 1. The normalized spacial score (nSPS) is 13.7. The van der Waals surface area contributed by atoms with Crippen molar-refractivity contribution in [1.29, 1.82) is 0 Å². The molecule has 0 aliphatic heterocycles. The lowest BCUT2D eigenvalue weighted by Crippen LogP contribution is -2.31. The Hall–Kier alpha value is -1.34. The lowest BCUT2D eigenvalue weighted by molar-refractivity contribution is 0.0690. The largest absolute Gasteiger partial charge is 0.477 e. The molecule has 1 rings (SSSR count). The molecular weight excluding hydrogens is 280 g/mol. The molecule has 0 amide bonds. The number of aryl methyl sites for hydroxylation is 1. The highest BCUT2D eigenvalue weighted by Gasteiger charge is 2.30. The third-order valence-corrected chi connectivity index (χ3v) is 5.61. The molecule has 6 nitrogen and oxygen atoms in total. The molecule has 0 spiro atoms. The van der Waals surface area contributed by atoms with Crippen LogP contribution in [0.25, 0.3) is 0 Å². The number of H-pyrrole nitrogens is 1. The number of aromatic nitrogens is 1. The fraction of sp³-hybridized carbons (Fsp3) is 0.615. The van der Waals surface area contributed by atoms with Crippen molar-refractivity contribution in [3.63, 3.8) is 0 Å². The Morgan fingerprint density at radius 3 is 2.35 bits per heavy atom. The first-order valence-electron chi connectivity index (χ1n) is 6.51. The second kappa shape index (κ2) is 5.97. The maximum Gasteiger partial charge on any atom is 0.352 e. The number of carboxylic acids is 1. The number of aromatic amines is 1. The lowest BCUT2D eigenvalue weighted by atomic mass is 10.1. The number of hydrogen-bond donors (Lipinski definition) is 2. The lowest BCUT2D eigenvalue weighted by Gasteiger charge is -2.21. The standard InChI is InChI=1S/C13H22N2O4S/c1-6-8(2)7-15(5)20(18,19)12-9(3)11(13(16)17)14-10(12)4/h8,14H,6-7H2,1-5H3,(H,16,17). The van der Waals surface area contributed by atoms with Gasteiger partial charge < -0.3 is 10.1 Å². The van der Waals surface area contributed by atoms with Crippen molar-refractivity contribution in [1.82, 2.24) is 9.29 Å². The van der Waals surface area contributed by atoms with Crippen LogP contribution in [0.2, 0.25) is 0 Å². The van der Waals surface area contributed by atoms with Crippen molar-refractivity contribution in [2.75, 3.05) is 13.6 Å². The highest BCUT2D eigenvalue weighted by atomic mass is 32.2. The van der Waals surface area contributed by atoms with Gasteiger partial charge >= 0.3 is 5.97 Å². The molecule has 0 bridgehead atoms. The van der Waals surface area contributed by atoms with Gasteiger partial charge in [-0.2, -0.15) is 0 Å². The monoisotopic (exact) mass is 302 g/mol. The number of nitrogens with zero attached hydrogens (tertiary/aromatic N) is 1.